The third-order valence-corrected chi connectivity index (χ3v) is 3.45. The Bertz CT molecular complexity index is 437. The summed E-state index contributed by atoms with van der Waals surface area (Å²) in [5.41, 5.74) is 1.93. The number of hydrogen-bond donors (Lipinski definition) is 0. The molecule has 0 atom stereocenters. The van der Waals surface area contributed by atoms with Gasteiger partial charge in [0.2, 0.25) is 0 Å². The molecule has 100 valence electrons. The van der Waals surface area contributed by atoms with E-state index in [2.05, 4.69) is 13.8 Å². The van der Waals surface area contributed by atoms with E-state index in [1.54, 1.807) is 7.11 Å². The topological polar surface area (TPSA) is 27.7 Å². The van der Waals surface area contributed by atoms with Gasteiger partial charge >= 0.3 is 0 Å². The zero-order valence-electron chi connectivity index (χ0n) is 11.2. The Morgan fingerprint density at radius 3 is 2.39 bits per heavy atom. The van der Waals surface area contributed by atoms with Crippen LogP contribution in [-0.2, 0) is 15.3 Å². The molecule has 1 aliphatic heterocycles. The predicted octanol–water partition coefficient (Wildman–Crippen LogP) is 3.69. The number of rotatable bonds is 3. The van der Waals surface area contributed by atoms with Crippen molar-refractivity contribution < 1.29 is 14.2 Å². The van der Waals surface area contributed by atoms with E-state index in [1.165, 1.54) is 0 Å². The van der Waals surface area contributed by atoms with Crippen LogP contribution in [0.3, 0.4) is 0 Å². The van der Waals surface area contributed by atoms with Gasteiger partial charge in [-0.15, -0.1) is 0 Å². The van der Waals surface area contributed by atoms with E-state index in [0.29, 0.717) is 24.2 Å². The minimum absolute atomic E-state index is 0.322. The molecule has 0 saturated carbocycles. The van der Waals surface area contributed by atoms with E-state index in [1.807, 2.05) is 19.1 Å². The van der Waals surface area contributed by atoms with Crippen LogP contribution in [-0.4, -0.2) is 20.3 Å². The first-order valence-corrected chi connectivity index (χ1v) is 6.51. The van der Waals surface area contributed by atoms with E-state index < -0.39 is 5.79 Å². The molecular weight excluding hydrogens is 252 g/mol. The summed E-state index contributed by atoms with van der Waals surface area (Å²) in [5, 5.41) is 0.676. The van der Waals surface area contributed by atoms with Crippen LogP contribution in [0.25, 0.3) is 0 Å². The molecule has 18 heavy (non-hydrogen) atoms. The van der Waals surface area contributed by atoms with Crippen molar-refractivity contribution in [2.45, 2.75) is 32.5 Å². The van der Waals surface area contributed by atoms with Gasteiger partial charge in [-0.3, -0.25) is 0 Å². The van der Waals surface area contributed by atoms with Crippen LogP contribution in [0.4, 0.5) is 0 Å². The van der Waals surface area contributed by atoms with Crippen molar-refractivity contribution in [1.82, 2.24) is 0 Å². The first-order chi connectivity index (χ1) is 8.48. The predicted molar refractivity (Wildman–Crippen MR) is 71.3 cm³/mol. The van der Waals surface area contributed by atoms with Crippen LogP contribution in [0.15, 0.2) is 12.1 Å². The lowest BCUT2D eigenvalue weighted by Gasteiger charge is -2.27. The molecule has 1 heterocycles. The van der Waals surface area contributed by atoms with Gasteiger partial charge in [0.05, 0.1) is 25.9 Å². The smallest absolute Gasteiger partial charge is 0.195 e. The molecule has 0 aromatic heterocycles. The molecule has 0 unspecified atom stereocenters. The second kappa shape index (κ2) is 5.08. The molecule has 1 aromatic rings. The number of halogens is 1. The Hall–Kier alpha value is -0.770. The van der Waals surface area contributed by atoms with Crippen molar-refractivity contribution in [3.05, 3.63) is 28.3 Å². The van der Waals surface area contributed by atoms with Gasteiger partial charge in [-0.25, -0.2) is 0 Å². The minimum Gasteiger partial charge on any atom is -0.496 e. The van der Waals surface area contributed by atoms with Crippen LogP contribution in [0.1, 0.15) is 37.8 Å². The summed E-state index contributed by atoms with van der Waals surface area (Å²) in [6.07, 6.45) is 0. The van der Waals surface area contributed by atoms with Crippen molar-refractivity contribution in [3.8, 4) is 5.75 Å². The Balaban J connectivity index is 2.58. The number of benzene rings is 1. The summed E-state index contributed by atoms with van der Waals surface area (Å²) in [5.74, 6) is 0.362. The quantitative estimate of drug-likeness (QED) is 0.838. The maximum Gasteiger partial charge on any atom is 0.195 e. The van der Waals surface area contributed by atoms with Gasteiger partial charge in [0.15, 0.2) is 5.79 Å². The van der Waals surface area contributed by atoms with E-state index >= 15 is 0 Å². The third-order valence-electron chi connectivity index (χ3n) is 3.24. The summed E-state index contributed by atoms with van der Waals surface area (Å²) in [6.45, 7) is 7.29. The summed E-state index contributed by atoms with van der Waals surface area (Å²) in [4.78, 5) is 0. The van der Waals surface area contributed by atoms with Crippen molar-refractivity contribution in [2.75, 3.05) is 20.3 Å². The average molecular weight is 271 g/mol. The zero-order chi connectivity index (χ0) is 13.3. The first-order valence-electron chi connectivity index (χ1n) is 6.14. The van der Waals surface area contributed by atoms with Crippen LogP contribution < -0.4 is 4.74 Å². The van der Waals surface area contributed by atoms with Gasteiger partial charge in [-0.2, -0.15) is 0 Å². The summed E-state index contributed by atoms with van der Waals surface area (Å²) in [7, 11) is 1.66. The van der Waals surface area contributed by atoms with Gasteiger partial charge in [-0.1, -0.05) is 25.4 Å². The van der Waals surface area contributed by atoms with Crippen LogP contribution in [0.5, 0.6) is 5.75 Å². The number of hydrogen-bond acceptors (Lipinski definition) is 3. The molecule has 1 saturated heterocycles. The molecule has 0 amide bonds. The van der Waals surface area contributed by atoms with Crippen LogP contribution >= 0.6 is 11.6 Å². The molecule has 3 nitrogen and oxygen atoms in total. The Labute approximate surface area is 113 Å². The average Bonchev–Trinajstić information content (AvgIpc) is 2.76. The van der Waals surface area contributed by atoms with Gasteiger partial charge < -0.3 is 14.2 Å². The molecular formula is C14H19ClO3. The highest BCUT2D eigenvalue weighted by Gasteiger charge is 2.37. The SMILES string of the molecule is COc1c(C(C)C)cc(Cl)cc1C1(C)OCCO1. The highest BCUT2D eigenvalue weighted by molar-refractivity contribution is 6.30. The molecule has 1 fully saturated rings. The maximum absolute atomic E-state index is 6.20. The fourth-order valence-corrected chi connectivity index (χ4v) is 2.51. The summed E-state index contributed by atoms with van der Waals surface area (Å²) in [6, 6.07) is 3.80. The first kappa shape index (κ1) is 13.7. The second-order valence-electron chi connectivity index (χ2n) is 4.87. The number of methoxy groups -OCH3 is 1. The maximum atomic E-state index is 6.20. The molecule has 1 aliphatic rings. The normalized spacial score (nSPS) is 18.3. The minimum atomic E-state index is -0.764. The second-order valence-corrected chi connectivity index (χ2v) is 5.31. The van der Waals surface area contributed by atoms with Crippen molar-refractivity contribution in [2.24, 2.45) is 0 Å². The standard InChI is InChI=1S/C14H19ClO3/c1-9(2)11-7-10(15)8-12(13(11)16-4)14(3)17-5-6-18-14/h7-9H,5-6H2,1-4H3. The molecule has 2 rings (SSSR count). The lowest BCUT2D eigenvalue weighted by Crippen LogP contribution is -2.24. The van der Waals surface area contributed by atoms with Gasteiger partial charge in [-0.05, 0) is 30.5 Å². The molecule has 0 N–H and O–H groups in total. The van der Waals surface area contributed by atoms with Crippen molar-refractivity contribution in [3.63, 3.8) is 0 Å². The molecule has 0 bridgehead atoms. The van der Waals surface area contributed by atoms with Gasteiger partial charge in [0.1, 0.15) is 5.75 Å². The summed E-state index contributed by atoms with van der Waals surface area (Å²) >= 11 is 6.20. The van der Waals surface area contributed by atoms with E-state index in [0.717, 1.165) is 16.9 Å². The summed E-state index contributed by atoms with van der Waals surface area (Å²) < 4.78 is 16.9. The van der Waals surface area contributed by atoms with Crippen molar-refractivity contribution >= 4 is 11.6 Å². The molecule has 1 aromatic carbocycles. The van der Waals surface area contributed by atoms with Gasteiger partial charge in [0, 0.05) is 5.02 Å². The van der Waals surface area contributed by atoms with Crippen LogP contribution in [0, 0.1) is 0 Å². The van der Waals surface area contributed by atoms with E-state index in [-0.39, 0.29) is 0 Å². The molecule has 0 spiro atoms. The Morgan fingerprint density at radius 1 is 1.28 bits per heavy atom. The molecule has 0 radical (unpaired) electrons. The largest absolute Gasteiger partial charge is 0.496 e. The third kappa shape index (κ3) is 2.35. The monoisotopic (exact) mass is 270 g/mol. The lowest BCUT2D eigenvalue weighted by molar-refractivity contribution is -0.150. The van der Waals surface area contributed by atoms with Crippen LogP contribution in [0.2, 0.25) is 5.02 Å². The highest BCUT2D eigenvalue weighted by atomic mass is 35.5. The fraction of sp³-hybridized carbons (Fsp3) is 0.571. The fourth-order valence-electron chi connectivity index (χ4n) is 2.28. The molecule has 4 heteroatoms. The Morgan fingerprint density at radius 2 is 1.89 bits per heavy atom. The zero-order valence-corrected chi connectivity index (χ0v) is 12.0. The van der Waals surface area contributed by atoms with Crippen molar-refractivity contribution in [1.29, 1.82) is 0 Å². The van der Waals surface area contributed by atoms with Gasteiger partial charge in [0.25, 0.3) is 0 Å². The van der Waals surface area contributed by atoms with E-state index in [9.17, 15) is 0 Å². The highest BCUT2D eigenvalue weighted by Crippen LogP contribution is 2.42. The number of ether oxygens (including phenoxy) is 3. The Kier molecular flexibility index (Phi) is 3.85. The lowest BCUT2D eigenvalue weighted by atomic mass is 9.95. The molecule has 0 aliphatic carbocycles. The van der Waals surface area contributed by atoms with E-state index in [4.69, 9.17) is 25.8 Å².